The molecule has 4 nitrogen and oxygen atoms in total. The maximum Gasteiger partial charge on any atom is 0.323 e. The van der Waals surface area contributed by atoms with Crippen LogP contribution in [-0.2, 0) is 4.79 Å². The highest BCUT2D eigenvalue weighted by atomic mass is 16.4. The van der Waals surface area contributed by atoms with Gasteiger partial charge in [0.1, 0.15) is 6.04 Å². The zero-order chi connectivity index (χ0) is 8.31. The van der Waals surface area contributed by atoms with Crippen LogP contribution in [-0.4, -0.2) is 47.3 Å². The lowest BCUT2D eigenvalue weighted by Crippen LogP contribution is -2.43. The van der Waals surface area contributed by atoms with Crippen LogP contribution in [0, 0.1) is 0 Å². The molecule has 10 heavy (non-hydrogen) atoms. The normalized spacial score (nSPS) is 16.9. The van der Waals surface area contributed by atoms with Crippen molar-refractivity contribution in [3.8, 4) is 0 Å². The standard InChI is InChI=1S/C6H13NO3/c1-4(8)5(6(9)10)7(2)3/h4-5,8H,1-3H3,(H,9,10)/t4-,5+/m1/s1. The van der Waals surface area contributed by atoms with Gasteiger partial charge in [-0.3, -0.25) is 9.69 Å². The maximum absolute atomic E-state index is 10.4. The van der Waals surface area contributed by atoms with Crippen molar-refractivity contribution in [2.75, 3.05) is 14.1 Å². The van der Waals surface area contributed by atoms with Gasteiger partial charge in [-0.2, -0.15) is 0 Å². The molecule has 2 atom stereocenters. The molecule has 0 rings (SSSR count). The topological polar surface area (TPSA) is 60.8 Å². The van der Waals surface area contributed by atoms with Gasteiger partial charge in [0.25, 0.3) is 0 Å². The van der Waals surface area contributed by atoms with Crippen LogP contribution in [0.3, 0.4) is 0 Å². The Kier molecular flexibility index (Phi) is 3.32. The molecule has 4 heteroatoms. The average molecular weight is 147 g/mol. The zero-order valence-electron chi connectivity index (χ0n) is 6.40. The minimum absolute atomic E-state index is 0.806. The third-order valence-electron chi connectivity index (χ3n) is 1.27. The van der Waals surface area contributed by atoms with Gasteiger partial charge in [-0.15, -0.1) is 0 Å². The van der Waals surface area contributed by atoms with Crippen LogP contribution in [0.2, 0.25) is 0 Å². The molecular formula is C6H13NO3. The molecule has 0 aliphatic rings. The molecule has 2 N–H and O–H groups in total. The number of carboxylic acid groups (broad SMARTS) is 1. The summed E-state index contributed by atoms with van der Waals surface area (Å²) in [6.07, 6.45) is -0.840. The number of nitrogens with zero attached hydrogens (tertiary/aromatic N) is 1. The van der Waals surface area contributed by atoms with Gasteiger partial charge in [-0.25, -0.2) is 0 Å². The number of likely N-dealkylation sites (N-methyl/N-ethyl adjacent to an activating group) is 1. The SMILES string of the molecule is C[C@@H](O)[C@@H](C(=O)O)N(C)C. The highest BCUT2D eigenvalue weighted by molar-refractivity contribution is 5.74. The van der Waals surface area contributed by atoms with Crippen LogP contribution in [0.1, 0.15) is 6.92 Å². The Morgan fingerprint density at radius 1 is 1.50 bits per heavy atom. The number of aliphatic hydroxyl groups excluding tert-OH is 1. The summed E-state index contributed by atoms with van der Waals surface area (Å²) >= 11 is 0. The fourth-order valence-corrected chi connectivity index (χ4v) is 0.859. The van der Waals surface area contributed by atoms with Crippen molar-refractivity contribution in [1.29, 1.82) is 0 Å². The van der Waals surface area contributed by atoms with E-state index in [0.717, 1.165) is 0 Å². The lowest BCUT2D eigenvalue weighted by atomic mass is 10.2. The number of carbonyl (C=O) groups is 1. The van der Waals surface area contributed by atoms with Gasteiger partial charge in [0, 0.05) is 0 Å². The first-order chi connectivity index (χ1) is 4.46. The van der Waals surface area contributed by atoms with Crippen molar-refractivity contribution >= 4 is 5.97 Å². The molecule has 0 saturated heterocycles. The highest BCUT2D eigenvalue weighted by Gasteiger charge is 2.24. The molecule has 0 radical (unpaired) electrons. The first-order valence-electron chi connectivity index (χ1n) is 3.04. The van der Waals surface area contributed by atoms with Gasteiger partial charge in [-0.05, 0) is 21.0 Å². The summed E-state index contributed by atoms with van der Waals surface area (Å²) in [5.41, 5.74) is 0. The van der Waals surface area contributed by atoms with Crippen molar-refractivity contribution in [2.24, 2.45) is 0 Å². The molecule has 0 spiro atoms. The summed E-state index contributed by atoms with van der Waals surface area (Å²) in [4.78, 5) is 11.8. The number of aliphatic carboxylic acids is 1. The van der Waals surface area contributed by atoms with Gasteiger partial charge in [0.2, 0.25) is 0 Å². The summed E-state index contributed by atoms with van der Waals surface area (Å²) in [5, 5.41) is 17.4. The molecule has 0 aliphatic carbocycles. The van der Waals surface area contributed by atoms with Gasteiger partial charge in [-0.1, -0.05) is 0 Å². The van der Waals surface area contributed by atoms with Crippen LogP contribution in [0.25, 0.3) is 0 Å². The first-order valence-corrected chi connectivity index (χ1v) is 3.04. The van der Waals surface area contributed by atoms with E-state index in [1.54, 1.807) is 14.1 Å². The number of hydrogen-bond acceptors (Lipinski definition) is 3. The average Bonchev–Trinajstić information content (AvgIpc) is 1.59. The van der Waals surface area contributed by atoms with Crippen LogP contribution in [0.5, 0.6) is 0 Å². The summed E-state index contributed by atoms with van der Waals surface area (Å²) in [7, 11) is 3.23. The van der Waals surface area contributed by atoms with Crippen LogP contribution >= 0.6 is 0 Å². The molecular weight excluding hydrogens is 134 g/mol. The summed E-state index contributed by atoms with van der Waals surface area (Å²) in [5.74, 6) is -1.00. The number of carboxylic acids is 1. The largest absolute Gasteiger partial charge is 0.480 e. The molecule has 0 amide bonds. The van der Waals surface area contributed by atoms with E-state index in [9.17, 15) is 4.79 Å². The Balaban J connectivity index is 4.12. The lowest BCUT2D eigenvalue weighted by molar-refractivity contribution is -0.145. The molecule has 0 bridgehead atoms. The third-order valence-corrected chi connectivity index (χ3v) is 1.27. The van der Waals surface area contributed by atoms with Gasteiger partial charge in [0.05, 0.1) is 6.10 Å². The number of rotatable bonds is 3. The highest BCUT2D eigenvalue weighted by Crippen LogP contribution is 1.99. The third kappa shape index (κ3) is 2.33. The second kappa shape index (κ2) is 3.53. The summed E-state index contributed by atoms with van der Waals surface area (Å²) < 4.78 is 0. The van der Waals surface area contributed by atoms with Crippen LogP contribution in [0.4, 0.5) is 0 Å². The van der Waals surface area contributed by atoms with E-state index in [2.05, 4.69) is 0 Å². The van der Waals surface area contributed by atoms with E-state index in [1.165, 1.54) is 11.8 Å². The molecule has 0 saturated carbocycles. The second-order valence-corrected chi connectivity index (χ2v) is 2.49. The predicted molar refractivity (Wildman–Crippen MR) is 36.8 cm³/mol. The van der Waals surface area contributed by atoms with Crippen LogP contribution < -0.4 is 0 Å². The monoisotopic (exact) mass is 147 g/mol. The van der Waals surface area contributed by atoms with Crippen molar-refractivity contribution in [3.63, 3.8) is 0 Å². The summed E-state index contributed by atoms with van der Waals surface area (Å²) in [6, 6.07) is -0.806. The molecule has 0 aromatic carbocycles. The van der Waals surface area contributed by atoms with Gasteiger partial charge in [0.15, 0.2) is 0 Å². The van der Waals surface area contributed by atoms with E-state index < -0.39 is 18.1 Å². The molecule has 0 fully saturated rings. The lowest BCUT2D eigenvalue weighted by Gasteiger charge is -2.21. The molecule has 0 unspecified atom stereocenters. The van der Waals surface area contributed by atoms with E-state index in [1.807, 2.05) is 0 Å². The fraction of sp³-hybridized carbons (Fsp3) is 0.833. The van der Waals surface area contributed by atoms with Crippen LogP contribution in [0.15, 0.2) is 0 Å². The second-order valence-electron chi connectivity index (χ2n) is 2.49. The van der Waals surface area contributed by atoms with Crippen molar-refractivity contribution < 1.29 is 15.0 Å². The Bertz CT molecular complexity index is 114. The van der Waals surface area contributed by atoms with E-state index >= 15 is 0 Å². The minimum Gasteiger partial charge on any atom is -0.480 e. The van der Waals surface area contributed by atoms with E-state index in [0.29, 0.717) is 0 Å². The predicted octanol–water partition coefficient (Wildman–Crippen LogP) is -0.618. The molecule has 0 aromatic rings. The molecule has 0 heterocycles. The Labute approximate surface area is 60.1 Å². The molecule has 0 aliphatic heterocycles. The van der Waals surface area contributed by atoms with E-state index in [4.69, 9.17) is 10.2 Å². The Hall–Kier alpha value is -0.610. The Morgan fingerprint density at radius 2 is 1.90 bits per heavy atom. The number of aliphatic hydroxyl groups is 1. The number of hydrogen-bond donors (Lipinski definition) is 2. The minimum atomic E-state index is -1.00. The quantitative estimate of drug-likeness (QED) is 0.558. The van der Waals surface area contributed by atoms with Gasteiger partial charge >= 0.3 is 5.97 Å². The fourth-order valence-electron chi connectivity index (χ4n) is 0.859. The van der Waals surface area contributed by atoms with Crippen molar-refractivity contribution in [3.05, 3.63) is 0 Å². The Morgan fingerprint density at radius 3 is 1.90 bits per heavy atom. The zero-order valence-corrected chi connectivity index (χ0v) is 6.40. The molecule has 0 aromatic heterocycles. The maximum atomic E-state index is 10.4. The summed E-state index contributed by atoms with van der Waals surface area (Å²) in [6.45, 7) is 1.46. The van der Waals surface area contributed by atoms with E-state index in [-0.39, 0.29) is 0 Å². The van der Waals surface area contributed by atoms with Crippen molar-refractivity contribution in [2.45, 2.75) is 19.1 Å². The molecule has 60 valence electrons. The van der Waals surface area contributed by atoms with Gasteiger partial charge < -0.3 is 10.2 Å². The van der Waals surface area contributed by atoms with Crippen molar-refractivity contribution in [1.82, 2.24) is 4.90 Å². The smallest absolute Gasteiger partial charge is 0.323 e. The first kappa shape index (κ1) is 9.39.